The Morgan fingerprint density at radius 2 is 2.04 bits per heavy atom. The summed E-state index contributed by atoms with van der Waals surface area (Å²) in [5, 5.41) is 4.35. The van der Waals surface area contributed by atoms with Crippen molar-refractivity contribution >= 4 is 40.4 Å². The van der Waals surface area contributed by atoms with Crippen molar-refractivity contribution in [3.05, 3.63) is 64.8 Å². The lowest BCUT2D eigenvalue weighted by molar-refractivity contribution is -0.116. The Kier molecular flexibility index (Phi) is 4.17. The molecule has 0 unspecified atom stereocenters. The van der Waals surface area contributed by atoms with Gasteiger partial charge >= 0.3 is 0 Å². The van der Waals surface area contributed by atoms with Gasteiger partial charge in [-0.25, -0.2) is 0 Å². The maximum Gasteiger partial charge on any atom is 0.244 e. The number of amides is 1. The Balaban J connectivity index is 1.83. The lowest BCUT2D eigenvalue weighted by Gasteiger charge is -2.08. The Morgan fingerprint density at radius 1 is 1.26 bits per heavy atom. The molecule has 1 aromatic heterocycles. The zero-order valence-electron chi connectivity index (χ0n) is 12.5. The van der Waals surface area contributed by atoms with Crippen molar-refractivity contribution in [3.63, 3.8) is 0 Å². The predicted octanol–water partition coefficient (Wildman–Crippen LogP) is 4.05. The molecule has 0 aliphatic heterocycles. The number of para-hydroxylation sites is 1. The molecule has 1 amide bonds. The fourth-order valence-corrected chi connectivity index (χ4v) is 2.70. The van der Waals surface area contributed by atoms with E-state index in [1.165, 1.54) is 0 Å². The Bertz CT molecular complexity index is 899. The summed E-state index contributed by atoms with van der Waals surface area (Å²) in [5.74, 6) is -0.162. The van der Waals surface area contributed by atoms with E-state index in [2.05, 4.69) is 5.32 Å². The quantitative estimate of drug-likeness (QED) is 0.735. The third-order valence-corrected chi connectivity index (χ3v) is 4.13. The summed E-state index contributed by atoms with van der Waals surface area (Å²) in [6.45, 7) is 2.02. The SMILES string of the molecule is Cc1cc(NC(=O)Cn2cc(C=O)c3ccccc32)ccc1Cl. The maximum absolute atomic E-state index is 12.3. The first-order valence-corrected chi connectivity index (χ1v) is 7.55. The number of anilines is 1. The standard InChI is InChI=1S/C18H15ClN2O2/c1-12-8-14(6-7-16(12)19)20-18(23)10-21-9-13(11-22)15-4-2-3-5-17(15)21/h2-9,11H,10H2,1H3,(H,20,23). The third-order valence-electron chi connectivity index (χ3n) is 3.70. The van der Waals surface area contributed by atoms with E-state index < -0.39 is 0 Å². The molecule has 0 bridgehead atoms. The Labute approximate surface area is 138 Å². The second-order valence-electron chi connectivity index (χ2n) is 5.36. The first-order valence-electron chi connectivity index (χ1n) is 7.17. The number of fused-ring (bicyclic) bond motifs is 1. The average molecular weight is 327 g/mol. The van der Waals surface area contributed by atoms with Crippen LogP contribution in [0, 0.1) is 6.92 Å². The van der Waals surface area contributed by atoms with Crippen LogP contribution in [0.2, 0.25) is 5.02 Å². The number of carbonyl (C=O) groups excluding carboxylic acids is 2. The van der Waals surface area contributed by atoms with E-state index in [9.17, 15) is 9.59 Å². The number of nitrogens with one attached hydrogen (secondary N) is 1. The van der Waals surface area contributed by atoms with Crippen LogP contribution in [0.4, 0.5) is 5.69 Å². The van der Waals surface area contributed by atoms with E-state index in [-0.39, 0.29) is 12.5 Å². The second-order valence-corrected chi connectivity index (χ2v) is 5.77. The van der Waals surface area contributed by atoms with Gasteiger partial charge in [0, 0.05) is 33.4 Å². The molecule has 116 valence electrons. The zero-order valence-corrected chi connectivity index (χ0v) is 13.3. The molecule has 0 aliphatic carbocycles. The number of halogens is 1. The van der Waals surface area contributed by atoms with Gasteiger partial charge in [-0.3, -0.25) is 9.59 Å². The molecule has 4 nitrogen and oxygen atoms in total. The number of aromatic nitrogens is 1. The number of nitrogens with zero attached hydrogens (tertiary/aromatic N) is 1. The van der Waals surface area contributed by atoms with Crippen molar-refractivity contribution in [3.8, 4) is 0 Å². The largest absolute Gasteiger partial charge is 0.337 e. The van der Waals surface area contributed by atoms with Gasteiger partial charge in [0.25, 0.3) is 0 Å². The summed E-state index contributed by atoms with van der Waals surface area (Å²) < 4.78 is 1.77. The van der Waals surface area contributed by atoms with Crippen LogP contribution in [0.3, 0.4) is 0 Å². The first-order chi connectivity index (χ1) is 11.1. The molecule has 1 heterocycles. The van der Waals surface area contributed by atoms with Crippen molar-refractivity contribution in [2.75, 3.05) is 5.32 Å². The molecule has 0 radical (unpaired) electrons. The van der Waals surface area contributed by atoms with Gasteiger partial charge in [0.15, 0.2) is 6.29 Å². The first kappa shape index (κ1) is 15.3. The van der Waals surface area contributed by atoms with Crippen molar-refractivity contribution in [2.24, 2.45) is 0 Å². The smallest absolute Gasteiger partial charge is 0.244 e. The summed E-state index contributed by atoms with van der Waals surface area (Å²) in [7, 11) is 0. The van der Waals surface area contributed by atoms with Crippen LogP contribution in [0.25, 0.3) is 10.9 Å². The summed E-state index contributed by atoms with van der Waals surface area (Å²) in [4.78, 5) is 23.4. The van der Waals surface area contributed by atoms with Crippen LogP contribution < -0.4 is 5.32 Å². The zero-order chi connectivity index (χ0) is 16.4. The van der Waals surface area contributed by atoms with Crippen LogP contribution >= 0.6 is 11.6 Å². The van der Waals surface area contributed by atoms with Crippen molar-refractivity contribution < 1.29 is 9.59 Å². The molecule has 0 atom stereocenters. The summed E-state index contributed by atoms with van der Waals surface area (Å²) in [5.41, 5.74) is 3.04. The summed E-state index contributed by atoms with van der Waals surface area (Å²) in [6, 6.07) is 12.9. The molecule has 2 aromatic carbocycles. The van der Waals surface area contributed by atoms with Gasteiger partial charge in [-0.1, -0.05) is 29.8 Å². The van der Waals surface area contributed by atoms with Gasteiger partial charge in [0.1, 0.15) is 6.54 Å². The van der Waals surface area contributed by atoms with Crippen LogP contribution in [0.5, 0.6) is 0 Å². The minimum absolute atomic E-state index is 0.135. The molecule has 0 saturated heterocycles. The third kappa shape index (κ3) is 3.12. The van der Waals surface area contributed by atoms with E-state index >= 15 is 0 Å². The molecule has 0 fully saturated rings. The van der Waals surface area contributed by atoms with Gasteiger partial charge in [-0.2, -0.15) is 0 Å². The Morgan fingerprint density at radius 3 is 2.78 bits per heavy atom. The van der Waals surface area contributed by atoms with E-state index in [4.69, 9.17) is 11.6 Å². The minimum Gasteiger partial charge on any atom is -0.337 e. The highest BCUT2D eigenvalue weighted by molar-refractivity contribution is 6.31. The Hall–Kier alpha value is -2.59. The average Bonchev–Trinajstić information content (AvgIpc) is 2.89. The van der Waals surface area contributed by atoms with Crippen LogP contribution in [-0.2, 0) is 11.3 Å². The minimum atomic E-state index is -0.162. The molecule has 3 rings (SSSR count). The molecule has 23 heavy (non-hydrogen) atoms. The highest BCUT2D eigenvalue weighted by Crippen LogP contribution is 2.21. The molecular weight excluding hydrogens is 312 g/mol. The fourth-order valence-electron chi connectivity index (χ4n) is 2.58. The normalized spacial score (nSPS) is 10.7. The molecular formula is C18H15ClN2O2. The summed E-state index contributed by atoms with van der Waals surface area (Å²) >= 11 is 5.98. The van der Waals surface area contributed by atoms with Gasteiger partial charge in [0.05, 0.1) is 0 Å². The second kappa shape index (κ2) is 6.26. The van der Waals surface area contributed by atoms with E-state index in [0.717, 1.165) is 22.8 Å². The monoisotopic (exact) mass is 326 g/mol. The lowest BCUT2D eigenvalue weighted by Crippen LogP contribution is -2.18. The van der Waals surface area contributed by atoms with Crippen molar-refractivity contribution in [2.45, 2.75) is 13.5 Å². The predicted molar refractivity (Wildman–Crippen MR) is 92.1 cm³/mol. The number of hydrogen-bond donors (Lipinski definition) is 1. The van der Waals surface area contributed by atoms with E-state index in [1.807, 2.05) is 37.3 Å². The molecule has 0 aliphatic rings. The number of carbonyl (C=O) groups is 2. The number of aldehydes is 1. The molecule has 0 spiro atoms. The van der Waals surface area contributed by atoms with Crippen molar-refractivity contribution in [1.82, 2.24) is 4.57 Å². The maximum atomic E-state index is 12.3. The van der Waals surface area contributed by atoms with Gasteiger partial charge in [-0.05, 0) is 36.8 Å². The van der Waals surface area contributed by atoms with Crippen LogP contribution in [-0.4, -0.2) is 16.8 Å². The van der Waals surface area contributed by atoms with Crippen LogP contribution in [0.1, 0.15) is 15.9 Å². The van der Waals surface area contributed by atoms with E-state index in [1.54, 1.807) is 22.9 Å². The fraction of sp³-hybridized carbons (Fsp3) is 0.111. The van der Waals surface area contributed by atoms with Gasteiger partial charge in [0.2, 0.25) is 5.91 Å². The lowest BCUT2D eigenvalue weighted by atomic mass is 10.2. The van der Waals surface area contributed by atoms with Crippen LogP contribution in [0.15, 0.2) is 48.7 Å². The van der Waals surface area contributed by atoms with Gasteiger partial charge < -0.3 is 9.88 Å². The van der Waals surface area contributed by atoms with E-state index in [0.29, 0.717) is 16.3 Å². The molecule has 5 heteroatoms. The highest BCUT2D eigenvalue weighted by Gasteiger charge is 2.11. The number of hydrogen-bond acceptors (Lipinski definition) is 2. The number of benzene rings is 2. The molecule has 1 N–H and O–H groups in total. The van der Waals surface area contributed by atoms with Gasteiger partial charge in [-0.15, -0.1) is 0 Å². The number of aryl methyl sites for hydroxylation is 1. The van der Waals surface area contributed by atoms with Crippen molar-refractivity contribution in [1.29, 1.82) is 0 Å². The molecule has 3 aromatic rings. The number of rotatable bonds is 4. The molecule has 0 saturated carbocycles. The highest BCUT2D eigenvalue weighted by atomic mass is 35.5. The topological polar surface area (TPSA) is 51.1 Å². The summed E-state index contributed by atoms with van der Waals surface area (Å²) in [6.07, 6.45) is 2.50.